The molecule has 0 aliphatic carbocycles. The number of hydrogen-bond donors (Lipinski definition) is 2. The molecule has 1 rings (SSSR count). The normalized spacial score (nSPS) is 10.0. The number of hydrogen-bond acceptors (Lipinski definition) is 2. The van der Waals surface area contributed by atoms with Gasteiger partial charge in [0.1, 0.15) is 11.6 Å². The molecule has 0 saturated carbocycles. The van der Waals surface area contributed by atoms with Crippen molar-refractivity contribution < 1.29 is 19.4 Å². The number of phenols is 1. The highest BCUT2D eigenvalue weighted by molar-refractivity contribution is 9.10. The highest BCUT2D eigenvalue weighted by atomic mass is 79.9. The van der Waals surface area contributed by atoms with Crippen molar-refractivity contribution in [3.8, 4) is 5.75 Å². The molecule has 0 aliphatic heterocycles. The number of carboxylic acids is 1. The number of carbonyl (C=O) groups is 1. The molecule has 0 atom stereocenters. The van der Waals surface area contributed by atoms with Gasteiger partial charge in [-0.25, -0.2) is 4.39 Å². The molecule has 0 bridgehead atoms. The van der Waals surface area contributed by atoms with Crippen LogP contribution in [0, 0.1) is 5.82 Å². The van der Waals surface area contributed by atoms with Gasteiger partial charge in [-0.3, -0.25) is 4.79 Å². The standard InChI is InChI=1S/C8H6BrFO3/c9-6-3-5(10)1-4(8(6)13)2-7(11)12/h1,3,13H,2H2,(H,11,12). The Morgan fingerprint density at radius 2 is 2.15 bits per heavy atom. The van der Waals surface area contributed by atoms with E-state index in [1.54, 1.807) is 0 Å². The Balaban J connectivity index is 3.12. The predicted molar refractivity (Wildman–Crippen MR) is 47.1 cm³/mol. The Morgan fingerprint density at radius 3 is 2.69 bits per heavy atom. The highest BCUT2D eigenvalue weighted by Crippen LogP contribution is 2.29. The van der Waals surface area contributed by atoms with Gasteiger partial charge >= 0.3 is 5.97 Å². The first-order valence-electron chi connectivity index (χ1n) is 3.39. The summed E-state index contributed by atoms with van der Waals surface area (Å²) in [5.74, 6) is -1.93. The van der Waals surface area contributed by atoms with Gasteiger partial charge in [-0.05, 0) is 28.1 Å². The van der Waals surface area contributed by atoms with Crippen LogP contribution in [0.1, 0.15) is 5.56 Å². The minimum atomic E-state index is -1.12. The molecule has 0 fully saturated rings. The van der Waals surface area contributed by atoms with Gasteiger partial charge in [-0.15, -0.1) is 0 Å². The molecule has 70 valence electrons. The van der Waals surface area contributed by atoms with Crippen LogP contribution in [-0.4, -0.2) is 16.2 Å². The van der Waals surface area contributed by atoms with Crippen LogP contribution in [-0.2, 0) is 11.2 Å². The van der Waals surface area contributed by atoms with Gasteiger partial charge < -0.3 is 10.2 Å². The molecule has 0 spiro atoms. The van der Waals surface area contributed by atoms with Crippen LogP contribution >= 0.6 is 15.9 Å². The van der Waals surface area contributed by atoms with Crippen molar-refractivity contribution in [2.45, 2.75) is 6.42 Å². The zero-order valence-corrected chi connectivity index (χ0v) is 8.01. The summed E-state index contributed by atoms with van der Waals surface area (Å²) in [5.41, 5.74) is 0.0550. The van der Waals surface area contributed by atoms with Gasteiger partial charge in [-0.1, -0.05) is 0 Å². The van der Waals surface area contributed by atoms with Crippen molar-refractivity contribution >= 4 is 21.9 Å². The molecule has 0 radical (unpaired) electrons. The molecular weight excluding hydrogens is 243 g/mol. The third-order valence-electron chi connectivity index (χ3n) is 1.45. The molecule has 0 unspecified atom stereocenters. The maximum Gasteiger partial charge on any atom is 0.307 e. The summed E-state index contributed by atoms with van der Waals surface area (Å²) in [6.07, 6.45) is -0.401. The second kappa shape index (κ2) is 3.74. The Labute approximate surface area is 81.9 Å². The van der Waals surface area contributed by atoms with Crippen LogP contribution in [0.2, 0.25) is 0 Å². The summed E-state index contributed by atoms with van der Waals surface area (Å²) in [7, 11) is 0. The lowest BCUT2D eigenvalue weighted by Gasteiger charge is -2.03. The summed E-state index contributed by atoms with van der Waals surface area (Å²) in [6.45, 7) is 0. The van der Waals surface area contributed by atoms with E-state index in [-0.39, 0.29) is 15.8 Å². The molecule has 1 aromatic rings. The second-order valence-electron chi connectivity index (χ2n) is 2.47. The lowest BCUT2D eigenvalue weighted by molar-refractivity contribution is -0.136. The van der Waals surface area contributed by atoms with Crippen LogP contribution in [0.5, 0.6) is 5.75 Å². The second-order valence-corrected chi connectivity index (χ2v) is 3.32. The molecule has 0 saturated heterocycles. The fraction of sp³-hybridized carbons (Fsp3) is 0.125. The number of phenolic OH excluding ortho intramolecular Hbond substituents is 1. The fourth-order valence-corrected chi connectivity index (χ4v) is 1.39. The lowest BCUT2D eigenvalue weighted by Crippen LogP contribution is -2.01. The van der Waals surface area contributed by atoms with Gasteiger partial charge in [0, 0.05) is 5.56 Å². The quantitative estimate of drug-likeness (QED) is 0.841. The minimum absolute atomic E-state index is 0.0550. The Bertz CT molecular complexity index is 351. The smallest absolute Gasteiger partial charge is 0.307 e. The Hall–Kier alpha value is -1.10. The van der Waals surface area contributed by atoms with Gasteiger partial charge in [-0.2, -0.15) is 0 Å². The van der Waals surface area contributed by atoms with Crippen molar-refractivity contribution in [2.24, 2.45) is 0 Å². The first kappa shape index (κ1) is 9.98. The summed E-state index contributed by atoms with van der Waals surface area (Å²) < 4.78 is 12.9. The molecule has 13 heavy (non-hydrogen) atoms. The van der Waals surface area contributed by atoms with Crippen LogP contribution in [0.4, 0.5) is 4.39 Å². The third-order valence-corrected chi connectivity index (χ3v) is 2.05. The van der Waals surface area contributed by atoms with Gasteiger partial charge in [0.05, 0.1) is 10.9 Å². The van der Waals surface area contributed by atoms with Crippen LogP contribution in [0.15, 0.2) is 16.6 Å². The Morgan fingerprint density at radius 1 is 1.54 bits per heavy atom. The molecule has 3 nitrogen and oxygen atoms in total. The predicted octanol–water partition coefficient (Wildman–Crippen LogP) is 1.92. The molecule has 5 heteroatoms. The molecule has 0 amide bonds. The van der Waals surface area contributed by atoms with Crippen molar-refractivity contribution in [3.05, 3.63) is 28.0 Å². The highest BCUT2D eigenvalue weighted by Gasteiger charge is 2.10. The molecule has 1 aromatic carbocycles. The molecular formula is C8H6BrFO3. The van der Waals surface area contributed by atoms with E-state index in [0.29, 0.717) is 0 Å². The average Bonchev–Trinajstić information content (AvgIpc) is 1.98. The zero-order valence-electron chi connectivity index (χ0n) is 6.42. The van der Waals surface area contributed by atoms with E-state index in [0.717, 1.165) is 12.1 Å². The number of rotatable bonds is 2. The SMILES string of the molecule is O=C(O)Cc1cc(F)cc(Br)c1O. The summed E-state index contributed by atoms with van der Waals surface area (Å²) >= 11 is 2.90. The first-order chi connectivity index (χ1) is 6.00. The van der Waals surface area contributed by atoms with E-state index in [1.165, 1.54) is 0 Å². The number of benzene rings is 1. The van der Waals surface area contributed by atoms with Crippen molar-refractivity contribution in [2.75, 3.05) is 0 Å². The van der Waals surface area contributed by atoms with E-state index in [2.05, 4.69) is 15.9 Å². The molecule has 2 N–H and O–H groups in total. The zero-order chi connectivity index (χ0) is 10.0. The number of carboxylic acid groups (broad SMARTS) is 1. The summed E-state index contributed by atoms with van der Waals surface area (Å²) in [6, 6.07) is 2.06. The maximum absolute atomic E-state index is 12.7. The first-order valence-corrected chi connectivity index (χ1v) is 4.18. The number of halogens is 2. The largest absolute Gasteiger partial charge is 0.506 e. The topological polar surface area (TPSA) is 57.5 Å². The Kier molecular flexibility index (Phi) is 2.87. The van der Waals surface area contributed by atoms with Crippen LogP contribution < -0.4 is 0 Å². The molecule has 0 aliphatic rings. The third kappa shape index (κ3) is 2.42. The lowest BCUT2D eigenvalue weighted by atomic mass is 10.1. The maximum atomic E-state index is 12.7. The van der Waals surface area contributed by atoms with E-state index in [9.17, 15) is 14.3 Å². The van der Waals surface area contributed by atoms with E-state index < -0.39 is 18.2 Å². The van der Waals surface area contributed by atoms with Gasteiger partial charge in [0.2, 0.25) is 0 Å². The minimum Gasteiger partial charge on any atom is -0.506 e. The van der Waals surface area contributed by atoms with E-state index in [1.807, 2.05) is 0 Å². The van der Waals surface area contributed by atoms with Crippen molar-refractivity contribution in [3.63, 3.8) is 0 Å². The van der Waals surface area contributed by atoms with Gasteiger partial charge in [0.25, 0.3) is 0 Å². The summed E-state index contributed by atoms with van der Waals surface area (Å²) in [4.78, 5) is 10.3. The molecule has 0 heterocycles. The summed E-state index contributed by atoms with van der Waals surface area (Å²) in [5, 5.41) is 17.7. The number of aromatic hydroxyl groups is 1. The van der Waals surface area contributed by atoms with Crippen LogP contribution in [0.25, 0.3) is 0 Å². The van der Waals surface area contributed by atoms with Crippen molar-refractivity contribution in [1.82, 2.24) is 0 Å². The van der Waals surface area contributed by atoms with E-state index >= 15 is 0 Å². The van der Waals surface area contributed by atoms with E-state index in [4.69, 9.17) is 5.11 Å². The number of aliphatic carboxylic acids is 1. The monoisotopic (exact) mass is 248 g/mol. The van der Waals surface area contributed by atoms with Gasteiger partial charge in [0.15, 0.2) is 0 Å². The van der Waals surface area contributed by atoms with Crippen LogP contribution in [0.3, 0.4) is 0 Å². The fourth-order valence-electron chi connectivity index (χ4n) is 0.917. The average molecular weight is 249 g/mol. The van der Waals surface area contributed by atoms with Crippen molar-refractivity contribution in [1.29, 1.82) is 0 Å². The molecule has 0 aromatic heterocycles.